The van der Waals surface area contributed by atoms with Gasteiger partial charge in [0.25, 0.3) is 0 Å². The second-order valence-electron chi connectivity index (χ2n) is 9.06. The molecule has 0 saturated heterocycles. The molecule has 1 unspecified atom stereocenters. The number of carbonyl (C=O) groups is 1. The van der Waals surface area contributed by atoms with Crippen LogP contribution in [0, 0.1) is 6.92 Å². The minimum atomic E-state index is -0.281. The van der Waals surface area contributed by atoms with Gasteiger partial charge in [0.2, 0.25) is 5.91 Å². The molecule has 1 heterocycles. The molecule has 0 aliphatic carbocycles. The van der Waals surface area contributed by atoms with Crippen molar-refractivity contribution in [3.63, 3.8) is 0 Å². The van der Waals surface area contributed by atoms with Crippen molar-refractivity contribution in [3.8, 4) is 5.75 Å². The van der Waals surface area contributed by atoms with Gasteiger partial charge in [-0.1, -0.05) is 68.9 Å². The van der Waals surface area contributed by atoms with Crippen molar-refractivity contribution in [1.29, 1.82) is 0 Å². The fraction of sp³-hybridized carbons (Fsp3) is 0.444. The molecule has 0 spiro atoms. The van der Waals surface area contributed by atoms with E-state index in [1.54, 1.807) is 0 Å². The largest absolute Gasteiger partial charge is 0.482 e. The van der Waals surface area contributed by atoms with E-state index in [9.17, 15) is 4.79 Å². The first-order valence-electron chi connectivity index (χ1n) is 11.9. The molecule has 2 aromatic carbocycles. The number of hydrogen-bond donors (Lipinski definition) is 1. The van der Waals surface area contributed by atoms with Crippen LogP contribution in [0.3, 0.4) is 0 Å². The average molecular weight is 481 g/mol. The lowest BCUT2D eigenvalue weighted by Crippen LogP contribution is -2.18. The number of amides is 1. The molecule has 1 atom stereocenters. The molecule has 6 nitrogen and oxygen atoms in total. The Bertz CT molecular complexity index is 1120. The van der Waals surface area contributed by atoms with Crippen molar-refractivity contribution >= 4 is 23.4 Å². The van der Waals surface area contributed by atoms with E-state index in [-0.39, 0.29) is 23.8 Å². The molecule has 7 heteroatoms. The molecule has 3 aromatic rings. The highest BCUT2D eigenvalue weighted by molar-refractivity contribution is 7.99. The Morgan fingerprint density at radius 2 is 1.79 bits per heavy atom. The molecule has 1 aromatic heterocycles. The number of anilines is 1. The van der Waals surface area contributed by atoms with Crippen LogP contribution < -0.4 is 10.1 Å². The van der Waals surface area contributed by atoms with E-state index in [1.807, 2.05) is 44.2 Å². The summed E-state index contributed by atoms with van der Waals surface area (Å²) in [7, 11) is 0. The Morgan fingerprint density at radius 3 is 2.47 bits per heavy atom. The van der Waals surface area contributed by atoms with Crippen molar-refractivity contribution in [2.24, 2.45) is 0 Å². The van der Waals surface area contributed by atoms with E-state index in [0.29, 0.717) is 11.1 Å². The number of para-hydroxylation sites is 2. The molecule has 0 fully saturated rings. The number of ether oxygens (including phenoxy) is 1. The number of carbonyl (C=O) groups excluding carboxylic acids is 1. The van der Waals surface area contributed by atoms with Gasteiger partial charge in [0.15, 0.2) is 17.1 Å². The van der Waals surface area contributed by atoms with Gasteiger partial charge in [-0.05, 0) is 62.8 Å². The first kappa shape index (κ1) is 25.8. The molecule has 0 aliphatic heterocycles. The van der Waals surface area contributed by atoms with Crippen LogP contribution in [0.25, 0.3) is 0 Å². The first-order valence-corrected chi connectivity index (χ1v) is 12.9. The second-order valence-corrected chi connectivity index (χ2v) is 10.00. The summed E-state index contributed by atoms with van der Waals surface area (Å²) < 4.78 is 8.39. The van der Waals surface area contributed by atoms with E-state index in [2.05, 4.69) is 66.8 Å². The summed E-state index contributed by atoms with van der Waals surface area (Å²) in [4.78, 5) is 12.8. The zero-order valence-electron chi connectivity index (χ0n) is 21.3. The zero-order valence-corrected chi connectivity index (χ0v) is 22.1. The van der Waals surface area contributed by atoms with Crippen molar-refractivity contribution in [1.82, 2.24) is 14.8 Å². The summed E-state index contributed by atoms with van der Waals surface area (Å²) in [5.74, 6) is 2.18. The summed E-state index contributed by atoms with van der Waals surface area (Å²) in [6, 6.07) is 14.3. The summed E-state index contributed by atoms with van der Waals surface area (Å²) >= 11 is 1.40. The lowest BCUT2D eigenvalue weighted by Gasteiger charge is -2.21. The number of hydrogen-bond acceptors (Lipinski definition) is 5. The fourth-order valence-corrected chi connectivity index (χ4v) is 4.84. The highest BCUT2D eigenvalue weighted by atomic mass is 32.2. The van der Waals surface area contributed by atoms with Crippen LogP contribution in [0.1, 0.15) is 82.1 Å². The Balaban J connectivity index is 1.74. The average Bonchev–Trinajstić information content (AvgIpc) is 3.24. The zero-order chi connectivity index (χ0) is 24.8. The quantitative estimate of drug-likeness (QED) is 0.326. The van der Waals surface area contributed by atoms with Crippen molar-refractivity contribution in [2.45, 2.75) is 78.1 Å². The van der Waals surface area contributed by atoms with E-state index < -0.39 is 0 Å². The Labute approximate surface area is 207 Å². The van der Waals surface area contributed by atoms with Crippen molar-refractivity contribution in [3.05, 3.63) is 65.0 Å². The standard InChI is InChI=1S/C27H36N4O2S/c1-8-21-13-11-12-19(6)25(21)28-24(32)16-34-27-30-29-26(31(27)18(4)5)20(7)33-23-15-10-9-14-22(23)17(2)3/h9-15,17-18,20H,8,16H2,1-7H3,(H,28,32). The van der Waals surface area contributed by atoms with Gasteiger partial charge in [0.1, 0.15) is 5.75 Å². The van der Waals surface area contributed by atoms with Gasteiger partial charge < -0.3 is 14.6 Å². The second kappa shape index (κ2) is 11.6. The van der Waals surface area contributed by atoms with Gasteiger partial charge in [-0.2, -0.15) is 0 Å². The summed E-state index contributed by atoms with van der Waals surface area (Å²) in [6.07, 6.45) is 0.588. The number of aryl methyl sites for hydroxylation is 2. The number of benzene rings is 2. The molecule has 0 bridgehead atoms. The molecule has 34 heavy (non-hydrogen) atoms. The highest BCUT2D eigenvalue weighted by Gasteiger charge is 2.23. The van der Waals surface area contributed by atoms with Crippen LogP contribution in [0.15, 0.2) is 47.6 Å². The van der Waals surface area contributed by atoms with Crippen molar-refractivity contribution < 1.29 is 9.53 Å². The number of nitrogens with zero attached hydrogens (tertiary/aromatic N) is 3. The smallest absolute Gasteiger partial charge is 0.234 e. The SMILES string of the molecule is CCc1cccc(C)c1NC(=O)CSc1nnc(C(C)Oc2ccccc2C(C)C)n1C(C)C. The van der Waals surface area contributed by atoms with Crippen LogP contribution in [0.5, 0.6) is 5.75 Å². The topological polar surface area (TPSA) is 69.0 Å². The number of aromatic nitrogens is 3. The van der Waals surface area contributed by atoms with Gasteiger partial charge in [-0.25, -0.2) is 0 Å². The van der Waals surface area contributed by atoms with Crippen molar-refractivity contribution in [2.75, 3.05) is 11.1 Å². The summed E-state index contributed by atoms with van der Waals surface area (Å²) in [6.45, 7) is 14.6. The fourth-order valence-electron chi connectivity index (χ4n) is 3.96. The van der Waals surface area contributed by atoms with Crippen LogP contribution >= 0.6 is 11.8 Å². The minimum Gasteiger partial charge on any atom is -0.482 e. The van der Waals surface area contributed by atoms with E-state index in [0.717, 1.165) is 34.8 Å². The van der Waals surface area contributed by atoms with Crippen LogP contribution in [0.4, 0.5) is 5.69 Å². The van der Waals surface area contributed by atoms with Gasteiger partial charge in [-0.15, -0.1) is 10.2 Å². The first-order chi connectivity index (χ1) is 16.2. The molecule has 1 N–H and O–H groups in total. The number of nitrogens with one attached hydrogen (secondary N) is 1. The van der Waals surface area contributed by atoms with Gasteiger partial charge in [0, 0.05) is 11.7 Å². The molecule has 182 valence electrons. The lowest BCUT2D eigenvalue weighted by atomic mass is 10.0. The predicted molar refractivity (Wildman–Crippen MR) is 140 cm³/mol. The third-order valence-electron chi connectivity index (χ3n) is 5.75. The Hall–Kier alpha value is -2.80. The van der Waals surface area contributed by atoms with Crippen LogP contribution in [-0.2, 0) is 11.2 Å². The monoisotopic (exact) mass is 480 g/mol. The maximum absolute atomic E-state index is 12.8. The minimum absolute atomic E-state index is 0.0518. The highest BCUT2D eigenvalue weighted by Crippen LogP contribution is 2.32. The van der Waals surface area contributed by atoms with E-state index >= 15 is 0 Å². The molecular weight excluding hydrogens is 444 g/mol. The summed E-state index contributed by atoms with van der Waals surface area (Å²) in [5.41, 5.74) is 4.28. The van der Waals surface area contributed by atoms with Crippen LogP contribution in [-0.4, -0.2) is 26.4 Å². The normalized spacial score (nSPS) is 12.3. The molecular formula is C27H36N4O2S. The third-order valence-corrected chi connectivity index (χ3v) is 6.70. The molecule has 0 aliphatic rings. The maximum atomic E-state index is 12.8. The van der Waals surface area contributed by atoms with Gasteiger partial charge in [-0.3, -0.25) is 4.79 Å². The molecule has 0 saturated carbocycles. The molecule has 1 amide bonds. The predicted octanol–water partition coefficient (Wildman–Crippen LogP) is 6.72. The molecule has 3 rings (SSSR count). The number of thioether (sulfide) groups is 1. The molecule has 0 radical (unpaired) electrons. The van der Waals surface area contributed by atoms with E-state index in [4.69, 9.17) is 4.74 Å². The Kier molecular flexibility index (Phi) is 8.78. The van der Waals surface area contributed by atoms with Gasteiger partial charge >= 0.3 is 0 Å². The van der Waals surface area contributed by atoms with E-state index in [1.165, 1.54) is 17.3 Å². The summed E-state index contributed by atoms with van der Waals surface area (Å²) in [5, 5.41) is 12.7. The Morgan fingerprint density at radius 1 is 1.06 bits per heavy atom. The van der Waals surface area contributed by atoms with Gasteiger partial charge in [0.05, 0.1) is 5.75 Å². The number of rotatable bonds is 10. The van der Waals surface area contributed by atoms with Crippen LogP contribution in [0.2, 0.25) is 0 Å². The lowest BCUT2D eigenvalue weighted by molar-refractivity contribution is -0.113. The third kappa shape index (κ3) is 6.00. The maximum Gasteiger partial charge on any atom is 0.234 e.